The van der Waals surface area contributed by atoms with E-state index in [2.05, 4.69) is 45.1 Å². The lowest BCUT2D eigenvalue weighted by Gasteiger charge is -2.18. The van der Waals surface area contributed by atoms with Gasteiger partial charge in [-0.1, -0.05) is 242 Å². The van der Waals surface area contributed by atoms with Crippen LogP contribution in [-0.2, 0) is 28.6 Å². The van der Waals surface area contributed by atoms with Crippen LogP contribution in [0.5, 0.6) is 0 Å². The first-order chi connectivity index (χ1) is 31.0. The van der Waals surface area contributed by atoms with Crippen molar-refractivity contribution in [1.82, 2.24) is 0 Å². The number of carbonyl (C=O) groups is 3. The highest BCUT2D eigenvalue weighted by atomic mass is 16.6. The molecule has 364 valence electrons. The van der Waals surface area contributed by atoms with Gasteiger partial charge in [0.15, 0.2) is 6.10 Å². The maximum absolute atomic E-state index is 12.8. The predicted molar refractivity (Wildman–Crippen MR) is 270 cm³/mol. The van der Waals surface area contributed by atoms with Gasteiger partial charge in [0.25, 0.3) is 0 Å². The van der Waals surface area contributed by atoms with Crippen LogP contribution in [0.15, 0.2) is 60.8 Å². The Hall–Kier alpha value is -2.89. The second-order valence-corrected chi connectivity index (χ2v) is 17.9. The number of unbranched alkanes of at least 4 members (excludes halogenated alkanes) is 30. The van der Waals surface area contributed by atoms with E-state index in [1.807, 2.05) is 36.5 Å². The Morgan fingerprint density at radius 2 is 0.635 bits per heavy atom. The number of allylic oxidation sites excluding steroid dienone is 10. The molecule has 1 unspecified atom stereocenters. The van der Waals surface area contributed by atoms with Gasteiger partial charge in [0.1, 0.15) is 13.2 Å². The SMILES string of the molecule is CC\C=C/C=C\C=C/C=C\CCCCCC(=O)OC(COC(=O)CCCCC/C=C\CCCCCCCC)COC(=O)CCCCCCCCCCCCCCCCCCCCC. The van der Waals surface area contributed by atoms with Crippen molar-refractivity contribution in [2.75, 3.05) is 13.2 Å². The molecular formula is C57H100O6. The molecule has 6 heteroatoms. The molecule has 6 nitrogen and oxygen atoms in total. The van der Waals surface area contributed by atoms with E-state index < -0.39 is 6.10 Å². The summed E-state index contributed by atoms with van der Waals surface area (Å²) < 4.78 is 16.8. The number of hydrogen-bond acceptors (Lipinski definition) is 6. The highest BCUT2D eigenvalue weighted by molar-refractivity contribution is 5.71. The summed E-state index contributed by atoms with van der Waals surface area (Å²) >= 11 is 0. The molecule has 1 atom stereocenters. The average molecular weight is 881 g/mol. The Bertz CT molecular complexity index is 1150. The highest BCUT2D eigenvalue weighted by Gasteiger charge is 2.19. The summed E-state index contributed by atoms with van der Waals surface area (Å²) in [5.74, 6) is -0.942. The van der Waals surface area contributed by atoms with E-state index in [4.69, 9.17) is 14.2 Å². The number of esters is 3. The zero-order valence-corrected chi connectivity index (χ0v) is 41.6. The van der Waals surface area contributed by atoms with Crippen LogP contribution in [0, 0.1) is 0 Å². The second-order valence-electron chi connectivity index (χ2n) is 17.9. The van der Waals surface area contributed by atoms with Crippen LogP contribution in [0.1, 0.15) is 265 Å². The summed E-state index contributed by atoms with van der Waals surface area (Å²) in [6.45, 7) is 6.46. The van der Waals surface area contributed by atoms with Crippen molar-refractivity contribution < 1.29 is 28.6 Å². The molecule has 0 aromatic carbocycles. The zero-order chi connectivity index (χ0) is 45.8. The number of hydrogen-bond donors (Lipinski definition) is 0. The summed E-state index contributed by atoms with van der Waals surface area (Å²) in [7, 11) is 0. The van der Waals surface area contributed by atoms with E-state index in [9.17, 15) is 14.4 Å². The number of carbonyl (C=O) groups excluding carboxylic acids is 3. The first-order valence-electron chi connectivity index (χ1n) is 26.8. The fourth-order valence-electron chi connectivity index (χ4n) is 7.57. The van der Waals surface area contributed by atoms with Crippen molar-refractivity contribution in [3.63, 3.8) is 0 Å². The largest absolute Gasteiger partial charge is 0.462 e. The Morgan fingerprint density at radius 1 is 0.333 bits per heavy atom. The van der Waals surface area contributed by atoms with Crippen molar-refractivity contribution in [2.24, 2.45) is 0 Å². The Balaban J connectivity index is 4.37. The monoisotopic (exact) mass is 881 g/mol. The van der Waals surface area contributed by atoms with E-state index in [0.717, 1.165) is 83.5 Å². The van der Waals surface area contributed by atoms with Crippen molar-refractivity contribution >= 4 is 17.9 Å². The highest BCUT2D eigenvalue weighted by Crippen LogP contribution is 2.16. The minimum absolute atomic E-state index is 0.0928. The summed E-state index contributed by atoms with van der Waals surface area (Å²) in [5.41, 5.74) is 0. The van der Waals surface area contributed by atoms with Gasteiger partial charge in [-0.05, 0) is 64.2 Å². The van der Waals surface area contributed by atoms with Gasteiger partial charge in [-0.3, -0.25) is 14.4 Å². The van der Waals surface area contributed by atoms with E-state index in [0.29, 0.717) is 12.8 Å². The van der Waals surface area contributed by atoms with Crippen molar-refractivity contribution in [3.05, 3.63) is 60.8 Å². The topological polar surface area (TPSA) is 78.9 Å². The van der Waals surface area contributed by atoms with Crippen molar-refractivity contribution in [1.29, 1.82) is 0 Å². The van der Waals surface area contributed by atoms with Gasteiger partial charge >= 0.3 is 17.9 Å². The lowest BCUT2D eigenvalue weighted by molar-refractivity contribution is -0.167. The van der Waals surface area contributed by atoms with Crippen molar-refractivity contribution in [2.45, 2.75) is 271 Å². The summed E-state index contributed by atoms with van der Waals surface area (Å²) in [5, 5.41) is 0. The lowest BCUT2D eigenvalue weighted by atomic mass is 10.0. The maximum atomic E-state index is 12.8. The molecule has 0 aliphatic rings. The average Bonchev–Trinajstić information content (AvgIpc) is 3.28. The van der Waals surface area contributed by atoms with Gasteiger partial charge in [-0.2, -0.15) is 0 Å². The molecule has 0 aliphatic carbocycles. The molecular weight excluding hydrogens is 781 g/mol. The molecule has 0 spiro atoms. The maximum Gasteiger partial charge on any atom is 0.306 e. The standard InChI is InChI=1S/C57H100O6/c1-4-7-10-13-16-19-22-25-26-27-28-29-30-33-35-38-41-44-47-50-56(59)62-53-54(63-57(60)51-48-45-42-39-36-32-24-21-18-15-12-9-6-3)52-61-55(58)49-46-43-40-37-34-31-23-20-17-14-11-8-5-2/h9,12,15,18,21,24,31-32,34,36,54H,4-8,10-11,13-14,16-17,19-20,22-23,25-30,33,35,37-53H2,1-3H3/b12-9-,18-15-,24-21-,34-31-,36-32-. The number of ether oxygens (including phenoxy) is 3. The molecule has 0 amide bonds. The minimum atomic E-state index is -0.798. The molecule has 0 aromatic rings. The normalized spacial score (nSPS) is 12.5. The molecule has 0 N–H and O–H groups in total. The summed E-state index contributed by atoms with van der Waals surface area (Å²) in [6.07, 6.45) is 63.6. The van der Waals surface area contributed by atoms with Gasteiger partial charge in [0, 0.05) is 19.3 Å². The van der Waals surface area contributed by atoms with E-state index >= 15 is 0 Å². The van der Waals surface area contributed by atoms with E-state index in [-0.39, 0.29) is 37.5 Å². The van der Waals surface area contributed by atoms with Gasteiger partial charge in [0.2, 0.25) is 0 Å². The smallest absolute Gasteiger partial charge is 0.306 e. The zero-order valence-electron chi connectivity index (χ0n) is 41.6. The molecule has 0 aromatic heterocycles. The van der Waals surface area contributed by atoms with Crippen LogP contribution in [0.4, 0.5) is 0 Å². The van der Waals surface area contributed by atoms with Crippen LogP contribution in [0.25, 0.3) is 0 Å². The third-order valence-electron chi connectivity index (χ3n) is 11.6. The van der Waals surface area contributed by atoms with Crippen LogP contribution in [0.3, 0.4) is 0 Å². The fourth-order valence-corrected chi connectivity index (χ4v) is 7.57. The van der Waals surface area contributed by atoms with Gasteiger partial charge < -0.3 is 14.2 Å². The first-order valence-corrected chi connectivity index (χ1v) is 26.8. The van der Waals surface area contributed by atoms with E-state index in [1.165, 1.54) is 141 Å². The van der Waals surface area contributed by atoms with Gasteiger partial charge in [-0.25, -0.2) is 0 Å². The molecule has 0 saturated heterocycles. The fraction of sp³-hybridized carbons (Fsp3) is 0.772. The molecule has 0 fully saturated rings. The molecule has 0 radical (unpaired) electrons. The van der Waals surface area contributed by atoms with E-state index in [1.54, 1.807) is 0 Å². The minimum Gasteiger partial charge on any atom is -0.462 e. The van der Waals surface area contributed by atoms with Crippen molar-refractivity contribution in [3.8, 4) is 0 Å². The molecule has 0 aliphatic heterocycles. The summed E-state index contributed by atoms with van der Waals surface area (Å²) in [6, 6.07) is 0. The third-order valence-corrected chi connectivity index (χ3v) is 11.6. The third kappa shape index (κ3) is 50.0. The molecule has 63 heavy (non-hydrogen) atoms. The van der Waals surface area contributed by atoms with Crippen LogP contribution in [-0.4, -0.2) is 37.2 Å². The summed E-state index contributed by atoms with van der Waals surface area (Å²) in [4.78, 5) is 38.0. The Labute approximate surface area is 390 Å². The molecule has 0 saturated carbocycles. The predicted octanol–water partition coefficient (Wildman–Crippen LogP) is 17.6. The van der Waals surface area contributed by atoms with Crippen LogP contribution >= 0.6 is 0 Å². The molecule has 0 rings (SSSR count). The molecule has 0 bridgehead atoms. The quantitative estimate of drug-likeness (QED) is 0.0199. The van der Waals surface area contributed by atoms with Gasteiger partial charge in [0.05, 0.1) is 0 Å². The van der Waals surface area contributed by atoms with Crippen LogP contribution in [0.2, 0.25) is 0 Å². The van der Waals surface area contributed by atoms with Gasteiger partial charge in [-0.15, -0.1) is 0 Å². The number of rotatable bonds is 48. The van der Waals surface area contributed by atoms with Crippen LogP contribution < -0.4 is 0 Å². The second kappa shape index (κ2) is 51.7. The Morgan fingerprint density at radius 3 is 1.03 bits per heavy atom. The Kier molecular flexibility index (Phi) is 49.4. The lowest BCUT2D eigenvalue weighted by Crippen LogP contribution is -2.30. The first kappa shape index (κ1) is 60.1. The molecule has 0 heterocycles.